The Morgan fingerprint density at radius 3 is 2.64 bits per heavy atom. The van der Waals surface area contributed by atoms with Crippen molar-refractivity contribution in [3.8, 4) is 0 Å². The summed E-state index contributed by atoms with van der Waals surface area (Å²) in [4.78, 5) is 32.6. The Morgan fingerprint density at radius 1 is 1.12 bits per heavy atom. The standard InChI is InChI=1S/C30H49ClFN7O3/c1-4-23(40)37-11-13-38(14-12-37)28-18-16-19(31)26-24-20(32)6-5-7-21(24)33-10-15-42-22-8-9-34-25(17(2)3)27(22)39(29(18)35-26)30(41)36-28/h4,17-22,24-29,33-35H,1,5-16H2,2-3H3,(H,36,41). The van der Waals surface area contributed by atoms with Crippen LogP contribution in [-0.2, 0) is 9.53 Å². The van der Waals surface area contributed by atoms with E-state index in [-0.39, 0.29) is 77.7 Å². The van der Waals surface area contributed by atoms with Gasteiger partial charge in [-0.3, -0.25) is 15.0 Å². The van der Waals surface area contributed by atoms with Crippen molar-refractivity contribution < 1.29 is 18.7 Å². The molecule has 0 aromatic heterocycles. The predicted octanol–water partition coefficient (Wildman–Crippen LogP) is 1.46. The van der Waals surface area contributed by atoms with Crippen LogP contribution in [0.25, 0.3) is 0 Å². The number of alkyl halides is 2. The van der Waals surface area contributed by atoms with Gasteiger partial charge < -0.3 is 30.5 Å². The van der Waals surface area contributed by atoms with Crippen molar-refractivity contribution in [3.63, 3.8) is 0 Å². The lowest BCUT2D eigenvalue weighted by Gasteiger charge is -2.60. The van der Waals surface area contributed by atoms with E-state index in [4.69, 9.17) is 16.3 Å². The van der Waals surface area contributed by atoms with Crippen LogP contribution in [0.4, 0.5) is 9.18 Å². The molecule has 6 rings (SSSR count). The highest BCUT2D eigenvalue weighted by Crippen LogP contribution is 2.42. The molecule has 42 heavy (non-hydrogen) atoms. The van der Waals surface area contributed by atoms with E-state index in [2.05, 4.69) is 46.6 Å². The quantitative estimate of drug-likeness (QED) is 0.284. The van der Waals surface area contributed by atoms with E-state index in [1.807, 2.05) is 4.90 Å². The zero-order chi connectivity index (χ0) is 29.5. The number of hydrogen-bond acceptors (Lipinski definition) is 7. The first kappa shape index (κ1) is 30.5. The molecule has 1 aliphatic carbocycles. The molecule has 11 unspecified atom stereocenters. The highest BCUT2D eigenvalue weighted by molar-refractivity contribution is 6.21. The molecule has 5 saturated heterocycles. The van der Waals surface area contributed by atoms with E-state index in [9.17, 15) is 9.59 Å². The summed E-state index contributed by atoms with van der Waals surface area (Å²) in [6, 6.07) is -0.496. The number of carbonyl (C=O) groups excluding carboxylic acids is 2. The van der Waals surface area contributed by atoms with Crippen LogP contribution in [0.5, 0.6) is 0 Å². The number of rotatable bonds is 3. The molecule has 1 saturated carbocycles. The summed E-state index contributed by atoms with van der Waals surface area (Å²) in [6.07, 6.45) is 3.51. The molecule has 0 radical (unpaired) electrons. The topological polar surface area (TPSA) is 101 Å². The third kappa shape index (κ3) is 5.70. The second kappa shape index (κ2) is 12.9. The van der Waals surface area contributed by atoms with Gasteiger partial charge in [0.1, 0.15) is 6.17 Å². The first-order valence-electron chi connectivity index (χ1n) is 16.1. The fraction of sp³-hybridized carbons (Fsp3) is 0.867. The van der Waals surface area contributed by atoms with Gasteiger partial charge in [-0.1, -0.05) is 20.4 Å². The maximum absolute atomic E-state index is 15.8. The van der Waals surface area contributed by atoms with Crippen molar-refractivity contribution in [2.45, 2.75) is 100 Å². The molecule has 6 aliphatic rings. The number of urea groups is 1. The molecule has 10 nitrogen and oxygen atoms in total. The summed E-state index contributed by atoms with van der Waals surface area (Å²) in [5, 5.41) is 14.3. The van der Waals surface area contributed by atoms with Gasteiger partial charge in [0.2, 0.25) is 5.91 Å². The van der Waals surface area contributed by atoms with E-state index in [0.717, 1.165) is 25.8 Å². The Kier molecular flexibility index (Phi) is 9.34. The van der Waals surface area contributed by atoms with E-state index < -0.39 is 6.17 Å². The maximum Gasteiger partial charge on any atom is 0.320 e. The third-order valence-electron chi connectivity index (χ3n) is 10.8. The van der Waals surface area contributed by atoms with Crippen molar-refractivity contribution in [3.05, 3.63) is 12.7 Å². The largest absolute Gasteiger partial charge is 0.375 e. The van der Waals surface area contributed by atoms with Crippen molar-refractivity contribution in [1.82, 2.24) is 36.0 Å². The van der Waals surface area contributed by atoms with Gasteiger partial charge in [0.05, 0.1) is 31.1 Å². The summed E-state index contributed by atoms with van der Waals surface area (Å²) < 4.78 is 22.4. The van der Waals surface area contributed by atoms with Gasteiger partial charge in [-0.25, -0.2) is 9.18 Å². The molecule has 4 N–H and O–H groups in total. The lowest BCUT2D eigenvalue weighted by Crippen LogP contribution is -2.80. The zero-order valence-corrected chi connectivity index (χ0v) is 25.8. The predicted molar refractivity (Wildman–Crippen MR) is 160 cm³/mol. The van der Waals surface area contributed by atoms with Gasteiger partial charge in [0.15, 0.2) is 0 Å². The second-order valence-corrected chi connectivity index (χ2v) is 14.0. The maximum atomic E-state index is 15.8. The fourth-order valence-corrected chi connectivity index (χ4v) is 9.23. The lowest BCUT2D eigenvalue weighted by atomic mass is 9.72. The molecule has 5 aliphatic heterocycles. The van der Waals surface area contributed by atoms with Gasteiger partial charge in [-0.2, -0.15) is 0 Å². The highest BCUT2D eigenvalue weighted by atomic mass is 35.5. The summed E-state index contributed by atoms with van der Waals surface area (Å²) in [7, 11) is 0. The Labute approximate surface area is 254 Å². The Hall–Kier alpha value is -1.50. The van der Waals surface area contributed by atoms with Gasteiger partial charge in [0, 0.05) is 68.1 Å². The van der Waals surface area contributed by atoms with E-state index in [0.29, 0.717) is 52.2 Å². The molecule has 2 bridgehead atoms. The number of carbonyl (C=O) groups is 2. The molecule has 5 heterocycles. The van der Waals surface area contributed by atoms with E-state index >= 15 is 4.39 Å². The zero-order valence-electron chi connectivity index (χ0n) is 25.0. The van der Waals surface area contributed by atoms with Crippen LogP contribution in [0.2, 0.25) is 0 Å². The molecular weight excluding hydrogens is 561 g/mol. The minimum absolute atomic E-state index is 0.0106. The molecular formula is C30H49ClFN7O3. The molecule has 0 spiro atoms. The summed E-state index contributed by atoms with van der Waals surface area (Å²) in [5.41, 5.74) is 0. The molecule has 0 aromatic carbocycles. The van der Waals surface area contributed by atoms with Crippen LogP contribution in [-0.4, -0.2) is 127 Å². The van der Waals surface area contributed by atoms with Gasteiger partial charge >= 0.3 is 6.03 Å². The Morgan fingerprint density at radius 2 is 1.90 bits per heavy atom. The number of ether oxygens (including phenoxy) is 1. The number of halogens is 2. The number of piperazine rings is 1. The molecule has 3 amide bonds. The second-order valence-electron chi connectivity index (χ2n) is 13.4. The minimum atomic E-state index is -0.958. The average molecular weight is 610 g/mol. The minimum Gasteiger partial charge on any atom is -0.375 e. The van der Waals surface area contributed by atoms with Crippen LogP contribution in [0.1, 0.15) is 46.0 Å². The Bertz CT molecular complexity index is 1000. The van der Waals surface area contributed by atoms with E-state index in [1.54, 1.807) is 4.90 Å². The van der Waals surface area contributed by atoms with Crippen LogP contribution >= 0.6 is 11.6 Å². The van der Waals surface area contributed by atoms with Crippen LogP contribution in [0.15, 0.2) is 12.7 Å². The highest BCUT2D eigenvalue weighted by Gasteiger charge is 2.56. The summed E-state index contributed by atoms with van der Waals surface area (Å²) in [6.45, 7) is 12.5. The number of nitrogens with zero attached hydrogens (tertiary/aromatic N) is 3. The van der Waals surface area contributed by atoms with Crippen molar-refractivity contribution in [2.75, 3.05) is 45.9 Å². The van der Waals surface area contributed by atoms with Crippen LogP contribution in [0, 0.1) is 17.8 Å². The lowest BCUT2D eigenvalue weighted by molar-refractivity contribution is -0.129. The van der Waals surface area contributed by atoms with Crippen molar-refractivity contribution >= 4 is 23.5 Å². The SMILES string of the molecule is C=CC(=O)N1CCN(C2NC(=O)N3C4NC(C(Cl)CC24)C2C(F)CCCC2NCCOC2CCNC(C(C)C)C23)CC1. The van der Waals surface area contributed by atoms with Gasteiger partial charge in [-0.05, 0) is 50.6 Å². The first-order valence-corrected chi connectivity index (χ1v) is 16.6. The molecule has 236 valence electrons. The number of nitrogens with one attached hydrogen (secondary N) is 4. The van der Waals surface area contributed by atoms with Crippen molar-refractivity contribution in [1.29, 1.82) is 0 Å². The first-order chi connectivity index (χ1) is 20.3. The molecule has 11 atom stereocenters. The van der Waals surface area contributed by atoms with Crippen LogP contribution < -0.4 is 21.3 Å². The van der Waals surface area contributed by atoms with E-state index in [1.165, 1.54) is 6.08 Å². The number of fused-ring (bicyclic) bond motifs is 5. The number of amides is 3. The molecule has 6 fully saturated rings. The van der Waals surface area contributed by atoms with Crippen molar-refractivity contribution in [2.24, 2.45) is 17.8 Å². The average Bonchev–Trinajstić information content (AvgIpc) is 2.98. The molecule has 12 heteroatoms. The van der Waals surface area contributed by atoms with Gasteiger partial charge in [0.25, 0.3) is 0 Å². The fourth-order valence-electron chi connectivity index (χ4n) is 8.78. The Balaban J connectivity index is 1.36. The van der Waals surface area contributed by atoms with Crippen LogP contribution in [0.3, 0.4) is 0 Å². The third-order valence-corrected chi connectivity index (χ3v) is 11.2. The molecule has 0 aromatic rings. The smallest absolute Gasteiger partial charge is 0.320 e. The number of piperidine rings is 2. The summed E-state index contributed by atoms with van der Waals surface area (Å²) >= 11 is 7.24. The van der Waals surface area contributed by atoms with Gasteiger partial charge in [-0.15, -0.1) is 11.6 Å². The number of hydrogen-bond donors (Lipinski definition) is 4. The summed E-state index contributed by atoms with van der Waals surface area (Å²) in [5.74, 6) is -0.0798. The monoisotopic (exact) mass is 609 g/mol. The normalized spacial score (nSPS) is 43.4.